The lowest BCUT2D eigenvalue weighted by molar-refractivity contribution is 0.0698. The summed E-state index contributed by atoms with van der Waals surface area (Å²) in [5, 5.41) is 23.0. The van der Waals surface area contributed by atoms with E-state index >= 15 is 0 Å². The molecule has 1 heterocycles. The number of carboxylic acid groups (broad SMARTS) is 1. The Morgan fingerprint density at radius 3 is 2.25 bits per heavy atom. The summed E-state index contributed by atoms with van der Waals surface area (Å²) < 4.78 is 6.59. The van der Waals surface area contributed by atoms with Crippen LogP contribution in [0.25, 0.3) is 38.8 Å². The first-order chi connectivity index (χ1) is 17.4. The minimum Gasteiger partial charge on any atom is -0.507 e. The predicted octanol–water partition coefficient (Wildman–Crippen LogP) is 6.05. The SMILES string of the molecule is COc1ccc(-c2cc(=O)n(-c3ccc(C)cc3)c(-c3c(O)ccc4ccccc34)c2C(=O)O)cc1. The van der Waals surface area contributed by atoms with E-state index in [0.29, 0.717) is 22.4 Å². The topological polar surface area (TPSA) is 88.8 Å². The van der Waals surface area contributed by atoms with Crippen molar-refractivity contribution in [2.75, 3.05) is 7.11 Å². The van der Waals surface area contributed by atoms with Crippen molar-refractivity contribution < 1.29 is 19.7 Å². The van der Waals surface area contributed by atoms with Crippen molar-refractivity contribution in [3.05, 3.63) is 112 Å². The number of rotatable bonds is 5. The summed E-state index contributed by atoms with van der Waals surface area (Å²) in [5.74, 6) is -0.733. The van der Waals surface area contributed by atoms with E-state index in [2.05, 4.69) is 0 Å². The van der Waals surface area contributed by atoms with Gasteiger partial charge in [0, 0.05) is 22.9 Å². The first kappa shape index (κ1) is 22.9. The Bertz CT molecular complexity index is 1670. The molecule has 0 aliphatic rings. The Labute approximate surface area is 207 Å². The van der Waals surface area contributed by atoms with Crippen LogP contribution in [0.15, 0.2) is 95.8 Å². The van der Waals surface area contributed by atoms with E-state index in [1.165, 1.54) is 16.7 Å². The molecule has 0 fully saturated rings. The zero-order valence-corrected chi connectivity index (χ0v) is 19.7. The van der Waals surface area contributed by atoms with Gasteiger partial charge in [-0.2, -0.15) is 0 Å². The predicted molar refractivity (Wildman–Crippen MR) is 140 cm³/mol. The number of ether oxygens (including phenoxy) is 1. The van der Waals surface area contributed by atoms with Crippen LogP contribution in [0.3, 0.4) is 0 Å². The van der Waals surface area contributed by atoms with Crippen molar-refractivity contribution in [2.24, 2.45) is 0 Å². The summed E-state index contributed by atoms with van der Waals surface area (Å²) in [4.78, 5) is 26.6. The molecule has 0 aliphatic carbocycles. The maximum atomic E-state index is 13.7. The van der Waals surface area contributed by atoms with Crippen molar-refractivity contribution in [3.8, 4) is 39.6 Å². The zero-order chi connectivity index (χ0) is 25.4. The Hall–Kier alpha value is -4.84. The van der Waals surface area contributed by atoms with Gasteiger partial charge in [-0.05, 0) is 53.6 Å². The molecule has 0 saturated carbocycles. The summed E-state index contributed by atoms with van der Waals surface area (Å²) >= 11 is 0. The highest BCUT2D eigenvalue weighted by Crippen LogP contribution is 2.41. The number of carboxylic acids is 1. The maximum absolute atomic E-state index is 13.7. The van der Waals surface area contributed by atoms with E-state index in [-0.39, 0.29) is 28.1 Å². The average molecular weight is 478 g/mol. The van der Waals surface area contributed by atoms with Crippen LogP contribution in [0, 0.1) is 6.92 Å². The van der Waals surface area contributed by atoms with Crippen molar-refractivity contribution in [2.45, 2.75) is 6.92 Å². The number of aromatic carboxylic acids is 1. The van der Waals surface area contributed by atoms with Crippen molar-refractivity contribution in [3.63, 3.8) is 0 Å². The molecule has 0 radical (unpaired) electrons. The average Bonchev–Trinajstić information content (AvgIpc) is 2.88. The van der Waals surface area contributed by atoms with Crippen LogP contribution in [0.1, 0.15) is 15.9 Å². The lowest BCUT2D eigenvalue weighted by Gasteiger charge is -2.21. The van der Waals surface area contributed by atoms with Gasteiger partial charge in [0.1, 0.15) is 11.5 Å². The van der Waals surface area contributed by atoms with Gasteiger partial charge in [-0.1, -0.05) is 60.2 Å². The minimum atomic E-state index is -1.22. The van der Waals surface area contributed by atoms with E-state index in [9.17, 15) is 19.8 Å². The number of methoxy groups -OCH3 is 1. The molecule has 178 valence electrons. The largest absolute Gasteiger partial charge is 0.507 e. The number of benzene rings is 4. The van der Waals surface area contributed by atoms with Crippen molar-refractivity contribution in [1.29, 1.82) is 0 Å². The second kappa shape index (κ2) is 9.07. The van der Waals surface area contributed by atoms with Gasteiger partial charge in [-0.15, -0.1) is 0 Å². The Kier molecular flexibility index (Phi) is 5.78. The number of hydrogen-bond acceptors (Lipinski definition) is 4. The molecule has 0 bridgehead atoms. The molecule has 0 atom stereocenters. The standard InChI is InChI=1S/C30H23NO5/c1-18-7-12-21(13-8-18)31-26(33)17-24(20-9-14-22(36-2)15-10-20)28(30(34)35)29(31)27-23-6-4-3-5-19(23)11-16-25(27)32/h3-17,32H,1-2H3,(H,34,35). The molecule has 6 heteroatoms. The molecule has 5 rings (SSSR count). The monoisotopic (exact) mass is 477 g/mol. The van der Waals surface area contributed by atoms with Crippen molar-refractivity contribution in [1.82, 2.24) is 4.57 Å². The highest BCUT2D eigenvalue weighted by Gasteiger charge is 2.27. The molecule has 4 aromatic carbocycles. The summed E-state index contributed by atoms with van der Waals surface area (Å²) in [5.41, 5.74) is 2.16. The number of aromatic nitrogens is 1. The van der Waals surface area contributed by atoms with E-state index < -0.39 is 11.5 Å². The van der Waals surface area contributed by atoms with Gasteiger partial charge < -0.3 is 14.9 Å². The van der Waals surface area contributed by atoms with Crippen LogP contribution in [0.2, 0.25) is 0 Å². The Morgan fingerprint density at radius 2 is 1.58 bits per heavy atom. The van der Waals surface area contributed by atoms with Gasteiger partial charge >= 0.3 is 5.97 Å². The molecule has 0 aliphatic heterocycles. The Balaban J connectivity index is 1.97. The summed E-state index contributed by atoms with van der Waals surface area (Å²) in [6.07, 6.45) is 0. The first-order valence-electron chi connectivity index (χ1n) is 11.3. The van der Waals surface area contributed by atoms with Crippen molar-refractivity contribution >= 4 is 16.7 Å². The molecular formula is C30H23NO5. The number of aromatic hydroxyl groups is 1. The molecule has 0 spiro atoms. The van der Waals surface area contributed by atoms with Crippen LogP contribution in [0.4, 0.5) is 0 Å². The molecule has 6 nitrogen and oxygen atoms in total. The van der Waals surface area contributed by atoms with Crippen LogP contribution < -0.4 is 10.3 Å². The number of phenols is 1. The van der Waals surface area contributed by atoms with Gasteiger partial charge in [-0.3, -0.25) is 9.36 Å². The van der Waals surface area contributed by atoms with E-state index in [4.69, 9.17) is 4.74 Å². The number of hydrogen-bond donors (Lipinski definition) is 2. The smallest absolute Gasteiger partial charge is 0.338 e. The first-order valence-corrected chi connectivity index (χ1v) is 11.3. The molecule has 36 heavy (non-hydrogen) atoms. The maximum Gasteiger partial charge on any atom is 0.338 e. The van der Waals surface area contributed by atoms with Gasteiger partial charge in [0.15, 0.2) is 0 Å². The number of phenolic OH excluding ortho intramolecular Hbond substituents is 1. The van der Waals surface area contributed by atoms with Gasteiger partial charge in [-0.25, -0.2) is 4.79 Å². The number of pyridine rings is 1. The highest BCUT2D eigenvalue weighted by molar-refractivity contribution is 6.08. The second-order valence-corrected chi connectivity index (χ2v) is 8.51. The quantitative estimate of drug-likeness (QED) is 0.322. The normalized spacial score (nSPS) is 10.9. The van der Waals surface area contributed by atoms with Gasteiger partial charge in [0.25, 0.3) is 5.56 Å². The van der Waals surface area contributed by atoms with Gasteiger partial charge in [0.2, 0.25) is 0 Å². The molecule has 5 aromatic rings. The fourth-order valence-corrected chi connectivity index (χ4v) is 4.52. The molecule has 0 saturated heterocycles. The third kappa shape index (κ3) is 3.88. The lowest BCUT2D eigenvalue weighted by atomic mass is 9.92. The molecule has 0 unspecified atom stereocenters. The third-order valence-electron chi connectivity index (χ3n) is 6.27. The number of nitrogens with zero attached hydrogens (tertiary/aromatic N) is 1. The van der Waals surface area contributed by atoms with Crippen LogP contribution >= 0.6 is 0 Å². The summed E-state index contributed by atoms with van der Waals surface area (Å²) in [6, 6.07) is 26.0. The van der Waals surface area contributed by atoms with E-state index in [1.54, 1.807) is 55.6 Å². The van der Waals surface area contributed by atoms with Gasteiger partial charge in [0.05, 0.1) is 18.4 Å². The lowest BCUT2D eigenvalue weighted by Crippen LogP contribution is -2.23. The second-order valence-electron chi connectivity index (χ2n) is 8.51. The fourth-order valence-electron chi connectivity index (χ4n) is 4.52. The van der Waals surface area contributed by atoms with E-state index in [1.807, 2.05) is 37.3 Å². The van der Waals surface area contributed by atoms with Crippen LogP contribution in [-0.4, -0.2) is 27.9 Å². The minimum absolute atomic E-state index is 0.0907. The molecule has 1 aromatic heterocycles. The zero-order valence-electron chi connectivity index (χ0n) is 19.7. The van der Waals surface area contributed by atoms with Crippen LogP contribution in [-0.2, 0) is 0 Å². The highest BCUT2D eigenvalue weighted by atomic mass is 16.5. The fraction of sp³-hybridized carbons (Fsp3) is 0.0667. The number of carbonyl (C=O) groups is 1. The number of aryl methyl sites for hydroxylation is 1. The Morgan fingerprint density at radius 1 is 0.889 bits per heavy atom. The van der Waals surface area contributed by atoms with E-state index in [0.717, 1.165) is 10.9 Å². The summed E-state index contributed by atoms with van der Waals surface area (Å²) in [7, 11) is 1.54. The summed E-state index contributed by atoms with van der Waals surface area (Å²) in [6.45, 7) is 1.93. The van der Waals surface area contributed by atoms with Crippen LogP contribution in [0.5, 0.6) is 11.5 Å². The molecule has 0 amide bonds. The third-order valence-corrected chi connectivity index (χ3v) is 6.27. The number of fused-ring (bicyclic) bond motifs is 1. The molecule has 2 N–H and O–H groups in total. The molecular weight excluding hydrogens is 454 g/mol.